The smallest absolute Gasteiger partial charge is 0.340 e. The number of fused-ring (bicyclic) bond motifs is 5. The van der Waals surface area contributed by atoms with E-state index < -0.39 is 126 Å². The Bertz CT molecular complexity index is 2020. The maximum Gasteiger partial charge on any atom is 0.340 e. The van der Waals surface area contributed by atoms with Gasteiger partial charge in [0.15, 0.2) is 17.8 Å². The predicted octanol–water partition coefficient (Wildman–Crippen LogP) is 1.59. The molecular weight excluding hydrogens is 778 g/mol. The lowest BCUT2D eigenvalue weighted by atomic mass is 9.45. The molecule has 1 spiro atoms. The van der Waals surface area contributed by atoms with Crippen LogP contribution in [0.4, 0.5) is 0 Å². The molecule has 4 aliphatic rings. The molecule has 0 amide bonds. The maximum atomic E-state index is 14.2. The zero-order valence-electron chi connectivity index (χ0n) is 33.5. The monoisotopic (exact) mass is 825 g/mol. The van der Waals surface area contributed by atoms with Gasteiger partial charge in [-0.1, -0.05) is 25.1 Å². The van der Waals surface area contributed by atoms with Crippen LogP contribution in [0.15, 0.2) is 48.7 Å². The van der Waals surface area contributed by atoms with Gasteiger partial charge in [0.05, 0.1) is 28.7 Å². The van der Waals surface area contributed by atoms with Crippen molar-refractivity contribution in [3.63, 3.8) is 0 Å². The number of aliphatic hydroxyl groups is 2. The second-order valence-corrected chi connectivity index (χ2v) is 15.8. The van der Waals surface area contributed by atoms with E-state index in [0.29, 0.717) is 0 Å². The molecular formula is C41H47NO17. The van der Waals surface area contributed by atoms with Crippen molar-refractivity contribution in [3.05, 3.63) is 65.5 Å². The van der Waals surface area contributed by atoms with E-state index in [-0.39, 0.29) is 29.7 Å². The molecule has 2 aliphatic carbocycles. The molecule has 18 heteroatoms. The highest BCUT2D eigenvalue weighted by atomic mass is 16.7. The van der Waals surface area contributed by atoms with Crippen molar-refractivity contribution >= 4 is 41.8 Å². The number of carbonyl (C=O) groups excluding carboxylic acids is 7. The quantitative estimate of drug-likeness (QED) is 0.297. The maximum absolute atomic E-state index is 14.2. The van der Waals surface area contributed by atoms with Gasteiger partial charge in [0, 0.05) is 33.9 Å². The minimum absolute atomic E-state index is 0.0368. The van der Waals surface area contributed by atoms with Crippen molar-refractivity contribution in [1.82, 2.24) is 4.98 Å². The summed E-state index contributed by atoms with van der Waals surface area (Å²) < 4.78 is 48.8. The first kappa shape index (κ1) is 43.1. The summed E-state index contributed by atoms with van der Waals surface area (Å²) in [6.07, 6.45) is -10.7. The molecule has 2 N–H and O–H groups in total. The van der Waals surface area contributed by atoms with E-state index in [1.165, 1.54) is 56.4 Å². The van der Waals surface area contributed by atoms with E-state index in [1.807, 2.05) is 0 Å². The SMILES string of the molecule is CC(=O)OC[C@@]12[C@H](OC(=O)c3ccccc3)[C@@H](O)[C@H]3OC(=O)[C@@H](C)CCc4ncccc4C(=O)OC[C@]4(C)O[C@@]1([C@H](OC(C)=O)[C@H]4[C@@H](OC(C)=O)[C@@H]2OC(C)=O)[C@@]3(C)O. The summed E-state index contributed by atoms with van der Waals surface area (Å²) in [5.74, 6) is -9.44. The van der Waals surface area contributed by atoms with E-state index in [9.17, 15) is 43.8 Å². The average Bonchev–Trinajstić information content (AvgIpc) is 3.39. The fourth-order valence-electron chi connectivity index (χ4n) is 9.45. The highest BCUT2D eigenvalue weighted by Crippen LogP contribution is 2.70. The van der Waals surface area contributed by atoms with Crippen LogP contribution < -0.4 is 0 Å². The molecule has 2 aromatic rings. The average molecular weight is 826 g/mol. The molecule has 1 aromatic heterocycles. The molecule has 4 bridgehead atoms. The lowest BCUT2D eigenvalue weighted by Crippen LogP contribution is -2.89. The molecule has 59 heavy (non-hydrogen) atoms. The van der Waals surface area contributed by atoms with E-state index >= 15 is 0 Å². The summed E-state index contributed by atoms with van der Waals surface area (Å²) in [6, 6.07) is 10.4. The van der Waals surface area contributed by atoms with Crippen molar-refractivity contribution in [2.45, 2.75) is 115 Å². The molecule has 1 aromatic carbocycles. The zero-order valence-corrected chi connectivity index (χ0v) is 33.5. The number of rotatable bonds is 7. The van der Waals surface area contributed by atoms with Gasteiger partial charge < -0.3 is 48.1 Å². The number of cyclic esters (lactones) is 1. The van der Waals surface area contributed by atoms with Crippen molar-refractivity contribution < 1.29 is 81.7 Å². The normalized spacial score (nSPS) is 36.3. The Hall–Kier alpha value is -5.46. The summed E-state index contributed by atoms with van der Waals surface area (Å²) in [5.41, 5.74) is -9.95. The summed E-state index contributed by atoms with van der Waals surface area (Å²) >= 11 is 0. The van der Waals surface area contributed by atoms with Gasteiger partial charge in [-0.05, 0) is 51.0 Å². The van der Waals surface area contributed by atoms with Gasteiger partial charge in [0.1, 0.15) is 54.2 Å². The minimum atomic E-state index is -2.80. The molecule has 1 saturated heterocycles. The van der Waals surface area contributed by atoms with Gasteiger partial charge in [-0.2, -0.15) is 0 Å². The number of hydrogen-bond acceptors (Lipinski definition) is 18. The first-order chi connectivity index (χ1) is 27.7. The lowest BCUT2D eigenvalue weighted by molar-refractivity contribution is -0.385. The largest absolute Gasteiger partial charge is 0.465 e. The number of nitrogens with zero attached hydrogens (tertiary/aromatic N) is 1. The second-order valence-electron chi connectivity index (χ2n) is 15.8. The van der Waals surface area contributed by atoms with E-state index in [4.69, 9.17) is 37.9 Å². The lowest BCUT2D eigenvalue weighted by Gasteiger charge is -2.67. The number of aromatic nitrogens is 1. The summed E-state index contributed by atoms with van der Waals surface area (Å²) in [7, 11) is 0. The number of aliphatic hydroxyl groups excluding tert-OH is 1. The first-order valence-corrected chi connectivity index (χ1v) is 19.0. The number of aryl methyl sites for hydroxylation is 1. The van der Waals surface area contributed by atoms with Gasteiger partial charge in [-0.25, -0.2) is 9.59 Å². The van der Waals surface area contributed by atoms with Gasteiger partial charge in [0.2, 0.25) is 0 Å². The predicted molar refractivity (Wildman–Crippen MR) is 196 cm³/mol. The first-order valence-electron chi connectivity index (χ1n) is 19.0. The number of pyridine rings is 1. The number of carbonyl (C=O) groups is 7. The fraction of sp³-hybridized carbons (Fsp3) is 0.561. The van der Waals surface area contributed by atoms with Gasteiger partial charge in [-0.15, -0.1) is 0 Å². The molecule has 318 valence electrons. The molecule has 2 saturated carbocycles. The number of esters is 7. The van der Waals surface area contributed by atoms with Crippen LogP contribution in [0.1, 0.15) is 81.3 Å². The summed E-state index contributed by atoms with van der Waals surface area (Å²) in [6.45, 7) is 6.27. The van der Waals surface area contributed by atoms with Gasteiger partial charge in [0.25, 0.3) is 0 Å². The van der Waals surface area contributed by atoms with E-state index in [0.717, 1.165) is 34.6 Å². The van der Waals surface area contributed by atoms with Crippen molar-refractivity contribution in [2.24, 2.45) is 17.3 Å². The Balaban J connectivity index is 1.74. The van der Waals surface area contributed by atoms with Gasteiger partial charge in [-0.3, -0.25) is 29.0 Å². The fourth-order valence-corrected chi connectivity index (χ4v) is 9.45. The van der Waals surface area contributed by atoms with Gasteiger partial charge >= 0.3 is 41.8 Å². The third-order valence-corrected chi connectivity index (χ3v) is 11.8. The molecule has 0 radical (unpaired) electrons. The van der Waals surface area contributed by atoms with E-state index in [2.05, 4.69) is 4.98 Å². The molecule has 18 nitrogen and oxygen atoms in total. The molecule has 12 atom stereocenters. The van der Waals surface area contributed by atoms with Crippen LogP contribution >= 0.6 is 0 Å². The Morgan fingerprint density at radius 3 is 2.12 bits per heavy atom. The highest BCUT2D eigenvalue weighted by molar-refractivity contribution is 5.91. The Kier molecular flexibility index (Phi) is 11.7. The zero-order chi connectivity index (χ0) is 43.2. The molecule has 2 aliphatic heterocycles. The van der Waals surface area contributed by atoms with Crippen LogP contribution in [-0.4, -0.2) is 124 Å². The van der Waals surface area contributed by atoms with Crippen LogP contribution in [0.3, 0.4) is 0 Å². The Morgan fingerprint density at radius 2 is 1.49 bits per heavy atom. The van der Waals surface area contributed by atoms with Crippen molar-refractivity contribution in [1.29, 1.82) is 0 Å². The molecule has 6 rings (SSSR count). The van der Waals surface area contributed by atoms with Crippen molar-refractivity contribution in [2.75, 3.05) is 13.2 Å². The van der Waals surface area contributed by atoms with Crippen LogP contribution in [0, 0.1) is 17.3 Å². The number of hydrogen-bond donors (Lipinski definition) is 2. The van der Waals surface area contributed by atoms with Crippen LogP contribution in [-0.2, 0) is 68.3 Å². The summed E-state index contributed by atoms with van der Waals surface area (Å²) in [4.78, 5) is 99.0. The highest BCUT2D eigenvalue weighted by Gasteiger charge is 2.91. The second kappa shape index (κ2) is 16.0. The molecule has 0 unspecified atom stereocenters. The molecule has 3 heterocycles. The standard InChI is InChI=1S/C41H47NO17/c1-20-15-16-27-26(14-11-17-42-27)37(50)53-18-38(6)28-30(54-22(3)44)34(56-24(5)46)40(19-52-21(2)43)33(58-36(49)25-12-9-8-10-13-25)29(47)32(57-35(20)48)39(7,51)41(40,59-38)31(28)55-23(4)45/h8-14,17,20,28-34,47,51H,15-16,18-19H2,1-7H3/t20-,28+,29-,30+,31+,32+,33+,34-,38-,39-,40-,41-/m0/s1. The Morgan fingerprint density at radius 1 is 0.847 bits per heavy atom. The number of ether oxygens (including phenoxy) is 8. The van der Waals surface area contributed by atoms with Crippen LogP contribution in [0.5, 0.6) is 0 Å². The third-order valence-electron chi connectivity index (χ3n) is 11.8. The van der Waals surface area contributed by atoms with Crippen LogP contribution in [0.25, 0.3) is 0 Å². The third kappa shape index (κ3) is 7.20. The van der Waals surface area contributed by atoms with E-state index in [1.54, 1.807) is 6.07 Å². The van der Waals surface area contributed by atoms with Crippen LogP contribution in [0.2, 0.25) is 0 Å². The topological polar surface area (TPSA) is 247 Å². The summed E-state index contributed by atoms with van der Waals surface area (Å²) in [5, 5.41) is 25.9. The Labute approximate surface area is 338 Å². The minimum Gasteiger partial charge on any atom is -0.465 e. The van der Waals surface area contributed by atoms with Crippen molar-refractivity contribution in [3.8, 4) is 0 Å². The molecule has 3 fully saturated rings. The number of benzene rings is 1.